The Morgan fingerprint density at radius 1 is 0.833 bits per heavy atom. The number of rotatable bonds is 5. The number of piperazine rings is 1. The molecule has 188 valence electrons. The van der Waals surface area contributed by atoms with Gasteiger partial charge in [0.2, 0.25) is 0 Å². The molecule has 1 aliphatic heterocycles. The van der Waals surface area contributed by atoms with Crippen molar-refractivity contribution in [2.45, 2.75) is 6.54 Å². The molecule has 0 unspecified atom stereocenters. The smallest absolute Gasteiger partial charge is 0.414 e. The highest BCUT2D eigenvalue weighted by Crippen LogP contribution is 2.25. The first-order chi connectivity index (χ1) is 17.3. The van der Waals surface area contributed by atoms with Crippen LogP contribution in [0.25, 0.3) is 11.1 Å². The van der Waals surface area contributed by atoms with Crippen LogP contribution in [0.4, 0.5) is 0 Å². The molecule has 1 saturated heterocycles. The highest BCUT2D eigenvalue weighted by atomic mass is 79.9. The third kappa shape index (κ3) is 7.40. The van der Waals surface area contributed by atoms with Gasteiger partial charge in [-0.05, 0) is 41.5 Å². The van der Waals surface area contributed by atoms with E-state index in [-0.39, 0.29) is 5.91 Å². The summed E-state index contributed by atoms with van der Waals surface area (Å²) in [5.74, 6) is -2.64. The maximum absolute atomic E-state index is 12.9. The van der Waals surface area contributed by atoms with E-state index < -0.39 is 11.9 Å². The first-order valence-electron chi connectivity index (χ1n) is 11.2. The second-order valence-corrected chi connectivity index (χ2v) is 8.99. The zero-order chi connectivity index (χ0) is 26.1. The summed E-state index contributed by atoms with van der Waals surface area (Å²) in [7, 11) is 1.70. The molecule has 0 bridgehead atoms. The third-order valence-electron chi connectivity index (χ3n) is 5.72. The molecule has 0 spiro atoms. The molecular weight excluding hydrogens is 528 g/mol. The lowest BCUT2D eigenvalue weighted by Crippen LogP contribution is -2.48. The van der Waals surface area contributed by atoms with Crippen LogP contribution in [-0.2, 0) is 16.1 Å². The molecule has 1 fully saturated rings. The van der Waals surface area contributed by atoms with Crippen molar-refractivity contribution in [3.63, 3.8) is 0 Å². The number of hydrogen-bond donors (Lipinski definition) is 2. The van der Waals surface area contributed by atoms with Crippen LogP contribution in [-0.4, -0.2) is 71.1 Å². The van der Waals surface area contributed by atoms with E-state index in [1.54, 1.807) is 7.11 Å². The van der Waals surface area contributed by atoms with Gasteiger partial charge in [0.1, 0.15) is 5.75 Å². The van der Waals surface area contributed by atoms with Crippen LogP contribution >= 0.6 is 15.9 Å². The fourth-order valence-electron chi connectivity index (χ4n) is 3.84. The van der Waals surface area contributed by atoms with E-state index >= 15 is 0 Å². The number of carboxylic acid groups (broad SMARTS) is 2. The topological polar surface area (TPSA) is 107 Å². The summed E-state index contributed by atoms with van der Waals surface area (Å²) >= 11 is 3.54. The summed E-state index contributed by atoms with van der Waals surface area (Å²) in [6.07, 6.45) is 0. The molecule has 1 aliphatic rings. The van der Waals surface area contributed by atoms with Crippen molar-refractivity contribution in [1.29, 1.82) is 0 Å². The number of hydrogen-bond acceptors (Lipinski definition) is 5. The number of carbonyl (C=O) groups is 3. The van der Waals surface area contributed by atoms with E-state index in [9.17, 15) is 4.79 Å². The summed E-state index contributed by atoms with van der Waals surface area (Å²) in [4.78, 5) is 35.5. The Labute approximate surface area is 217 Å². The quantitative estimate of drug-likeness (QED) is 0.454. The number of halogens is 1. The van der Waals surface area contributed by atoms with E-state index in [2.05, 4.69) is 39.0 Å². The molecule has 0 aliphatic carbocycles. The minimum Gasteiger partial charge on any atom is -0.496 e. The molecule has 0 atom stereocenters. The summed E-state index contributed by atoms with van der Waals surface area (Å²) in [5, 5.41) is 14.8. The van der Waals surface area contributed by atoms with Crippen LogP contribution in [0.2, 0.25) is 0 Å². The van der Waals surface area contributed by atoms with Crippen molar-refractivity contribution >= 4 is 33.8 Å². The lowest BCUT2D eigenvalue weighted by Gasteiger charge is -2.35. The van der Waals surface area contributed by atoms with Gasteiger partial charge >= 0.3 is 11.9 Å². The number of benzene rings is 3. The molecule has 1 heterocycles. The Morgan fingerprint density at radius 2 is 1.42 bits per heavy atom. The van der Waals surface area contributed by atoms with Crippen molar-refractivity contribution in [2.75, 3.05) is 33.3 Å². The van der Waals surface area contributed by atoms with Gasteiger partial charge in [-0.3, -0.25) is 9.69 Å². The molecule has 1 amide bonds. The SMILES string of the molecule is COc1ccc(Br)cc1CN1CCN(C(=O)c2ccc(-c3ccccc3)cc2)CC1.O=C(O)C(=O)O. The van der Waals surface area contributed by atoms with Crippen LogP contribution < -0.4 is 4.74 Å². The number of carbonyl (C=O) groups excluding carboxylic acids is 1. The first-order valence-corrected chi connectivity index (χ1v) is 12.0. The molecule has 0 saturated carbocycles. The lowest BCUT2D eigenvalue weighted by molar-refractivity contribution is -0.159. The van der Waals surface area contributed by atoms with Gasteiger partial charge in [0.15, 0.2) is 0 Å². The second-order valence-electron chi connectivity index (χ2n) is 8.08. The van der Waals surface area contributed by atoms with Gasteiger partial charge in [-0.2, -0.15) is 0 Å². The minimum absolute atomic E-state index is 0.106. The van der Waals surface area contributed by atoms with Gasteiger partial charge in [-0.1, -0.05) is 58.4 Å². The molecule has 3 aromatic carbocycles. The third-order valence-corrected chi connectivity index (χ3v) is 6.21. The Morgan fingerprint density at radius 3 is 1.97 bits per heavy atom. The first kappa shape index (κ1) is 26.9. The highest BCUT2D eigenvalue weighted by molar-refractivity contribution is 9.10. The van der Waals surface area contributed by atoms with Gasteiger partial charge in [0, 0.05) is 48.3 Å². The predicted molar refractivity (Wildman–Crippen MR) is 139 cm³/mol. The summed E-state index contributed by atoms with van der Waals surface area (Å²) < 4.78 is 6.54. The molecule has 0 aromatic heterocycles. The fraction of sp³-hybridized carbons (Fsp3) is 0.222. The van der Waals surface area contributed by atoms with E-state index in [0.29, 0.717) is 0 Å². The average molecular weight is 555 g/mol. The average Bonchev–Trinajstić information content (AvgIpc) is 2.90. The lowest BCUT2D eigenvalue weighted by atomic mass is 10.0. The summed E-state index contributed by atoms with van der Waals surface area (Å²) in [6.45, 7) is 3.98. The van der Waals surface area contributed by atoms with Crippen molar-refractivity contribution in [1.82, 2.24) is 9.80 Å². The largest absolute Gasteiger partial charge is 0.496 e. The zero-order valence-corrected chi connectivity index (χ0v) is 21.3. The molecule has 3 aromatic rings. The van der Waals surface area contributed by atoms with Crippen molar-refractivity contribution in [2.24, 2.45) is 0 Å². The van der Waals surface area contributed by atoms with Crippen LogP contribution in [0.1, 0.15) is 15.9 Å². The molecule has 8 nitrogen and oxygen atoms in total. The molecule has 36 heavy (non-hydrogen) atoms. The monoisotopic (exact) mass is 554 g/mol. The van der Waals surface area contributed by atoms with E-state index in [0.717, 1.165) is 65.2 Å². The number of nitrogens with zero attached hydrogens (tertiary/aromatic N) is 2. The highest BCUT2D eigenvalue weighted by Gasteiger charge is 2.23. The van der Waals surface area contributed by atoms with Gasteiger partial charge in [0.25, 0.3) is 5.91 Å². The van der Waals surface area contributed by atoms with Gasteiger partial charge in [0.05, 0.1) is 7.11 Å². The number of ether oxygens (including phenoxy) is 1. The standard InChI is InChI=1S/C25H25BrN2O2.C2H2O4/c1-30-24-12-11-23(26)17-22(24)18-27-13-15-28(16-14-27)25(29)21-9-7-20(8-10-21)19-5-3-2-4-6-19;3-1(4)2(5)6/h2-12,17H,13-16,18H2,1H3;(H,3,4)(H,5,6). The fourth-order valence-corrected chi connectivity index (χ4v) is 4.25. The molecule has 9 heteroatoms. The Kier molecular flexibility index (Phi) is 9.61. The van der Waals surface area contributed by atoms with Crippen LogP contribution in [0.5, 0.6) is 5.75 Å². The number of methoxy groups -OCH3 is 1. The van der Waals surface area contributed by atoms with E-state index in [4.69, 9.17) is 24.5 Å². The Bertz CT molecular complexity index is 1180. The minimum atomic E-state index is -1.82. The van der Waals surface area contributed by atoms with Crippen LogP contribution in [0.3, 0.4) is 0 Å². The maximum atomic E-state index is 12.9. The number of carboxylic acids is 2. The predicted octanol–water partition coefficient (Wildman–Crippen LogP) is 4.24. The van der Waals surface area contributed by atoms with Crippen molar-refractivity contribution in [3.05, 3.63) is 88.4 Å². The van der Waals surface area contributed by atoms with Crippen molar-refractivity contribution in [3.8, 4) is 16.9 Å². The molecular formula is C27H27BrN2O6. The van der Waals surface area contributed by atoms with Gasteiger partial charge in [-0.15, -0.1) is 0 Å². The van der Waals surface area contributed by atoms with E-state index in [1.165, 1.54) is 0 Å². The second kappa shape index (κ2) is 12.9. The van der Waals surface area contributed by atoms with Crippen LogP contribution in [0, 0.1) is 0 Å². The van der Waals surface area contributed by atoms with Gasteiger partial charge in [-0.25, -0.2) is 9.59 Å². The summed E-state index contributed by atoms with van der Waals surface area (Å²) in [5.41, 5.74) is 4.19. The normalized spacial score (nSPS) is 13.3. The Hall–Kier alpha value is -3.69. The zero-order valence-electron chi connectivity index (χ0n) is 19.8. The molecule has 2 N–H and O–H groups in total. The van der Waals surface area contributed by atoms with Gasteiger partial charge < -0.3 is 19.8 Å². The molecule has 0 radical (unpaired) electrons. The number of aliphatic carboxylic acids is 2. The summed E-state index contributed by atoms with van der Waals surface area (Å²) in [6, 6.07) is 24.2. The van der Waals surface area contributed by atoms with Crippen molar-refractivity contribution < 1.29 is 29.3 Å². The maximum Gasteiger partial charge on any atom is 0.414 e. The molecule has 4 rings (SSSR count). The number of amides is 1. The Balaban J connectivity index is 0.000000538. The van der Waals surface area contributed by atoms with Crippen LogP contribution in [0.15, 0.2) is 77.3 Å². The van der Waals surface area contributed by atoms with E-state index in [1.807, 2.05) is 59.5 Å².